The van der Waals surface area contributed by atoms with Crippen LogP contribution in [0.3, 0.4) is 0 Å². The van der Waals surface area contributed by atoms with E-state index in [1.165, 1.54) is 0 Å². The smallest absolute Gasteiger partial charge is 0.190 e. The van der Waals surface area contributed by atoms with Crippen LogP contribution in [0, 0.1) is 0 Å². The van der Waals surface area contributed by atoms with Crippen LogP contribution in [-0.2, 0) is 4.74 Å². The molecule has 19 heavy (non-hydrogen) atoms. The van der Waals surface area contributed by atoms with Gasteiger partial charge in [-0.05, 0) is 25.5 Å². The first kappa shape index (κ1) is 12.2. The third kappa shape index (κ3) is 2.10. The lowest BCUT2D eigenvalue weighted by Crippen LogP contribution is -2.06. The molecular weight excluding hydrogens is 240 g/mol. The highest BCUT2D eigenvalue weighted by Crippen LogP contribution is 2.39. The summed E-state index contributed by atoms with van der Waals surface area (Å²) in [5, 5.41) is 0. The van der Waals surface area contributed by atoms with E-state index in [-0.39, 0.29) is 11.9 Å². The molecule has 1 heterocycles. The van der Waals surface area contributed by atoms with Crippen molar-refractivity contribution in [2.75, 3.05) is 13.2 Å². The fraction of sp³-hybridized carbons (Fsp3) is 0.312. The van der Waals surface area contributed by atoms with Gasteiger partial charge in [0, 0.05) is 16.7 Å². The number of ketones is 1. The number of carbonyl (C=O) groups is 1. The zero-order chi connectivity index (χ0) is 13.4. The van der Waals surface area contributed by atoms with Crippen molar-refractivity contribution in [2.45, 2.75) is 20.0 Å². The monoisotopic (exact) mass is 256 g/mol. The van der Waals surface area contributed by atoms with Crippen LogP contribution in [-0.4, -0.2) is 25.1 Å². The Morgan fingerprint density at radius 3 is 2.95 bits per heavy atom. The average Bonchev–Trinajstić information content (AvgIpc) is 3.21. The van der Waals surface area contributed by atoms with Gasteiger partial charge in [0.15, 0.2) is 5.78 Å². The Balaban J connectivity index is 2.02. The first-order valence-electron chi connectivity index (χ1n) is 6.48. The summed E-state index contributed by atoms with van der Waals surface area (Å²) in [6, 6.07) is 5.64. The molecule has 0 unspecified atom stereocenters. The number of ether oxygens (including phenoxy) is 2. The second kappa shape index (κ2) is 4.67. The van der Waals surface area contributed by atoms with Gasteiger partial charge in [-0.3, -0.25) is 4.79 Å². The summed E-state index contributed by atoms with van der Waals surface area (Å²) < 4.78 is 10.9. The summed E-state index contributed by atoms with van der Waals surface area (Å²) in [5.74, 6) is 0.863. The Hall–Kier alpha value is -1.87. The van der Waals surface area contributed by atoms with Crippen molar-refractivity contribution in [1.29, 1.82) is 0 Å². The Bertz CT molecular complexity index is 592. The van der Waals surface area contributed by atoms with E-state index < -0.39 is 0 Å². The molecule has 0 saturated carbocycles. The first-order chi connectivity index (χ1) is 9.22. The number of epoxide rings is 1. The first-order valence-corrected chi connectivity index (χ1v) is 6.48. The third-order valence-electron chi connectivity index (χ3n) is 3.45. The summed E-state index contributed by atoms with van der Waals surface area (Å²) in [5.41, 5.74) is 3.41. The summed E-state index contributed by atoms with van der Waals surface area (Å²) in [6.07, 6.45) is 4.13. The Morgan fingerprint density at radius 2 is 2.26 bits per heavy atom. The number of hydrogen-bond acceptors (Lipinski definition) is 3. The molecule has 1 aliphatic heterocycles. The highest BCUT2D eigenvalue weighted by atomic mass is 16.6. The average molecular weight is 256 g/mol. The fourth-order valence-corrected chi connectivity index (χ4v) is 2.35. The van der Waals surface area contributed by atoms with Gasteiger partial charge in [0.1, 0.15) is 18.5 Å². The molecule has 98 valence electrons. The van der Waals surface area contributed by atoms with Crippen molar-refractivity contribution in [1.82, 2.24) is 0 Å². The van der Waals surface area contributed by atoms with Gasteiger partial charge in [0.25, 0.3) is 0 Å². The van der Waals surface area contributed by atoms with Gasteiger partial charge in [-0.25, -0.2) is 0 Å². The van der Waals surface area contributed by atoms with Crippen LogP contribution in [0.25, 0.3) is 5.57 Å². The number of carbonyl (C=O) groups excluding carboxylic acids is 1. The lowest BCUT2D eigenvalue weighted by molar-refractivity contribution is 0.103. The van der Waals surface area contributed by atoms with Crippen LogP contribution in [0.5, 0.6) is 5.75 Å². The minimum Gasteiger partial charge on any atom is -0.490 e. The van der Waals surface area contributed by atoms with Crippen LogP contribution in [0.1, 0.15) is 29.8 Å². The van der Waals surface area contributed by atoms with Crippen molar-refractivity contribution in [3.05, 3.63) is 47.1 Å². The molecule has 3 rings (SSSR count). The molecular formula is C16H16O3. The minimum absolute atomic E-state index is 0.0937. The van der Waals surface area contributed by atoms with Crippen molar-refractivity contribution in [2.24, 2.45) is 0 Å². The van der Waals surface area contributed by atoms with E-state index in [9.17, 15) is 4.79 Å². The number of Topliss-reactive ketones (excluding diaryl/α,β-unsaturated/α-hetero) is 1. The lowest BCUT2D eigenvalue weighted by atomic mass is 10.0. The summed E-state index contributed by atoms with van der Waals surface area (Å²) in [4.78, 5) is 12.2. The molecule has 0 radical (unpaired) electrons. The van der Waals surface area contributed by atoms with Gasteiger partial charge in [0.05, 0.1) is 6.61 Å². The molecule has 2 aliphatic rings. The van der Waals surface area contributed by atoms with E-state index in [1.807, 2.05) is 44.2 Å². The maximum Gasteiger partial charge on any atom is 0.190 e. The van der Waals surface area contributed by atoms with Gasteiger partial charge in [-0.2, -0.15) is 0 Å². The number of benzene rings is 1. The molecule has 1 aliphatic carbocycles. The van der Waals surface area contributed by atoms with Gasteiger partial charge >= 0.3 is 0 Å². The third-order valence-corrected chi connectivity index (χ3v) is 3.45. The maximum absolute atomic E-state index is 12.2. The van der Waals surface area contributed by atoms with Gasteiger partial charge < -0.3 is 9.47 Å². The minimum atomic E-state index is 0.0937. The van der Waals surface area contributed by atoms with Crippen molar-refractivity contribution >= 4 is 11.4 Å². The van der Waals surface area contributed by atoms with Crippen molar-refractivity contribution in [3.63, 3.8) is 0 Å². The quantitative estimate of drug-likeness (QED) is 0.777. The zero-order valence-electron chi connectivity index (χ0n) is 11.1. The van der Waals surface area contributed by atoms with Crippen LogP contribution >= 0.6 is 0 Å². The topological polar surface area (TPSA) is 38.8 Å². The van der Waals surface area contributed by atoms with Crippen LogP contribution in [0.2, 0.25) is 0 Å². The highest BCUT2D eigenvalue weighted by molar-refractivity contribution is 6.22. The number of rotatable bonds is 4. The molecule has 1 aromatic rings. The van der Waals surface area contributed by atoms with Crippen LogP contribution < -0.4 is 4.74 Å². The van der Waals surface area contributed by atoms with E-state index in [0.29, 0.717) is 6.61 Å². The standard InChI is InChI=1S/C16H16O3/c1-3-5-12-10(2)16(17)13-6-4-7-14(15(12)13)19-9-11-8-18-11/h3-7,11H,8-9H2,1-2H3/b5-3-/t11-/m0/s1. The molecule has 3 nitrogen and oxygen atoms in total. The number of allylic oxidation sites excluding steroid dienone is 4. The normalized spacial score (nSPS) is 21.2. The van der Waals surface area contributed by atoms with Crippen LogP contribution in [0.4, 0.5) is 0 Å². The highest BCUT2D eigenvalue weighted by Gasteiger charge is 2.29. The molecule has 0 spiro atoms. The van der Waals surface area contributed by atoms with Gasteiger partial charge in [0.2, 0.25) is 0 Å². The SMILES string of the molecule is C/C=C\C1=C(C)C(=O)c2cccc(OC[C@@H]3CO3)c21. The Labute approximate surface area is 112 Å². The van der Waals surface area contributed by atoms with E-state index in [4.69, 9.17) is 9.47 Å². The van der Waals surface area contributed by atoms with Crippen molar-refractivity contribution in [3.8, 4) is 5.75 Å². The second-order valence-electron chi connectivity index (χ2n) is 4.81. The molecule has 1 saturated heterocycles. The molecule has 1 fully saturated rings. The van der Waals surface area contributed by atoms with E-state index >= 15 is 0 Å². The molecule has 0 N–H and O–H groups in total. The molecule has 0 bridgehead atoms. The Kier molecular flexibility index (Phi) is 2.99. The number of fused-ring (bicyclic) bond motifs is 1. The second-order valence-corrected chi connectivity index (χ2v) is 4.81. The predicted octanol–water partition coefficient (Wildman–Crippen LogP) is 3.01. The van der Waals surface area contributed by atoms with Gasteiger partial charge in [-0.15, -0.1) is 0 Å². The largest absolute Gasteiger partial charge is 0.490 e. The van der Waals surface area contributed by atoms with Crippen molar-refractivity contribution < 1.29 is 14.3 Å². The fourth-order valence-electron chi connectivity index (χ4n) is 2.35. The summed E-state index contributed by atoms with van der Waals surface area (Å²) in [7, 11) is 0. The molecule has 1 aromatic carbocycles. The summed E-state index contributed by atoms with van der Waals surface area (Å²) in [6.45, 7) is 5.13. The van der Waals surface area contributed by atoms with Crippen LogP contribution in [0.15, 0.2) is 35.9 Å². The molecule has 1 atom stereocenters. The Morgan fingerprint density at radius 1 is 1.47 bits per heavy atom. The van der Waals surface area contributed by atoms with E-state index in [0.717, 1.165) is 34.6 Å². The predicted molar refractivity (Wildman–Crippen MR) is 73.4 cm³/mol. The maximum atomic E-state index is 12.2. The summed E-state index contributed by atoms with van der Waals surface area (Å²) >= 11 is 0. The zero-order valence-corrected chi connectivity index (χ0v) is 11.1. The van der Waals surface area contributed by atoms with E-state index in [1.54, 1.807) is 0 Å². The molecule has 0 aromatic heterocycles. The lowest BCUT2D eigenvalue weighted by Gasteiger charge is -2.10. The van der Waals surface area contributed by atoms with E-state index in [2.05, 4.69) is 0 Å². The molecule has 0 amide bonds. The van der Waals surface area contributed by atoms with Gasteiger partial charge in [-0.1, -0.05) is 24.3 Å². The number of hydrogen-bond donors (Lipinski definition) is 0. The molecule has 3 heteroatoms.